The van der Waals surface area contributed by atoms with E-state index in [1.165, 1.54) is 10.8 Å². The van der Waals surface area contributed by atoms with Crippen LogP contribution in [0.2, 0.25) is 0 Å². The van der Waals surface area contributed by atoms with E-state index in [2.05, 4.69) is 102 Å². The van der Waals surface area contributed by atoms with Gasteiger partial charge < -0.3 is 4.42 Å². The maximum absolute atomic E-state index is 6.46. The van der Waals surface area contributed by atoms with E-state index in [9.17, 15) is 0 Å². The Balaban J connectivity index is 1.16. The Bertz CT molecular complexity index is 2780. The summed E-state index contributed by atoms with van der Waals surface area (Å²) in [7, 11) is 0. The molecule has 0 spiro atoms. The Kier molecular flexibility index (Phi) is 4.93. The second-order valence-corrected chi connectivity index (χ2v) is 11.4. The fourth-order valence-electron chi connectivity index (χ4n) is 6.88. The van der Waals surface area contributed by atoms with Crippen LogP contribution in [0.1, 0.15) is 0 Å². The van der Waals surface area contributed by atoms with Crippen molar-refractivity contribution in [3.05, 3.63) is 134 Å². The molecule has 0 unspecified atom stereocenters. The first-order valence-electron chi connectivity index (χ1n) is 15.0. The molecule has 5 nitrogen and oxygen atoms in total. The van der Waals surface area contributed by atoms with Crippen LogP contribution >= 0.6 is 0 Å². The smallest absolute Gasteiger partial charge is 0.160 e. The zero-order valence-corrected chi connectivity index (χ0v) is 23.9. The summed E-state index contributed by atoms with van der Waals surface area (Å²) in [6.45, 7) is 0. The van der Waals surface area contributed by atoms with Crippen LogP contribution in [0.15, 0.2) is 138 Å². The molecule has 0 bridgehead atoms. The van der Waals surface area contributed by atoms with Crippen molar-refractivity contribution in [3.8, 4) is 22.5 Å². The third-order valence-corrected chi connectivity index (χ3v) is 8.96. The predicted molar refractivity (Wildman–Crippen MR) is 183 cm³/mol. The number of benzene rings is 6. The second kappa shape index (κ2) is 9.15. The molecular formula is C40H22N4O. The average Bonchev–Trinajstić information content (AvgIpc) is 3.50. The number of fused-ring (bicyclic) bond motifs is 13. The van der Waals surface area contributed by atoms with Crippen molar-refractivity contribution in [1.29, 1.82) is 0 Å². The Morgan fingerprint density at radius 2 is 1.09 bits per heavy atom. The van der Waals surface area contributed by atoms with Gasteiger partial charge in [0, 0.05) is 55.0 Å². The molecule has 208 valence electrons. The number of nitrogens with zero attached hydrogens (tertiary/aromatic N) is 4. The van der Waals surface area contributed by atoms with E-state index in [-0.39, 0.29) is 0 Å². The standard InChI is InChI=1S/C40H22N4O/c1-3-11-28-25(8-1)26-9-2-4-12-29(26)38-37(28)42-22-33(43-38)23-15-17-24(18-16-23)36-31-20-19-30-27-10-5-6-14-34(27)45-39(30)35(31)32-13-7-21-41-40(32)44-36/h1-22H. The highest BCUT2D eigenvalue weighted by Crippen LogP contribution is 2.40. The van der Waals surface area contributed by atoms with Crippen LogP contribution in [0, 0.1) is 0 Å². The highest BCUT2D eigenvalue weighted by Gasteiger charge is 2.18. The SMILES string of the molecule is c1ccc2c(c1)oc1c2ccc2c(-c3ccc(-c4cnc5c6ccccc6c6ccccc6c5n4)cc3)nc3ncccc3c21. The summed E-state index contributed by atoms with van der Waals surface area (Å²) in [6, 6.07) is 41.8. The lowest BCUT2D eigenvalue weighted by Gasteiger charge is -2.12. The Labute approximate surface area is 256 Å². The van der Waals surface area contributed by atoms with Crippen molar-refractivity contribution in [2.45, 2.75) is 0 Å². The lowest BCUT2D eigenvalue weighted by molar-refractivity contribution is 0.673. The van der Waals surface area contributed by atoms with Gasteiger partial charge in [0.25, 0.3) is 0 Å². The van der Waals surface area contributed by atoms with E-state index >= 15 is 0 Å². The van der Waals surface area contributed by atoms with Crippen LogP contribution in [0.25, 0.3) is 98.8 Å². The normalized spacial score (nSPS) is 12.0. The molecule has 0 saturated heterocycles. The van der Waals surface area contributed by atoms with Crippen LogP contribution < -0.4 is 0 Å². The summed E-state index contributed by atoms with van der Waals surface area (Å²) in [5.74, 6) is 0. The monoisotopic (exact) mass is 574 g/mol. The van der Waals surface area contributed by atoms with Gasteiger partial charge in [-0.3, -0.25) is 4.98 Å². The molecular weight excluding hydrogens is 552 g/mol. The minimum Gasteiger partial charge on any atom is -0.455 e. The minimum absolute atomic E-state index is 0.691. The van der Waals surface area contributed by atoms with Crippen LogP contribution in [0.5, 0.6) is 0 Å². The molecule has 0 radical (unpaired) electrons. The number of rotatable bonds is 2. The van der Waals surface area contributed by atoms with Gasteiger partial charge in [0.05, 0.1) is 28.6 Å². The molecule has 45 heavy (non-hydrogen) atoms. The van der Waals surface area contributed by atoms with E-state index in [1.54, 1.807) is 6.20 Å². The Morgan fingerprint density at radius 1 is 0.444 bits per heavy atom. The number of pyridine rings is 2. The molecule has 0 N–H and O–H groups in total. The summed E-state index contributed by atoms with van der Waals surface area (Å²) < 4.78 is 6.46. The molecule has 5 heteroatoms. The topological polar surface area (TPSA) is 64.7 Å². The van der Waals surface area contributed by atoms with Crippen LogP contribution in [0.4, 0.5) is 0 Å². The lowest BCUT2D eigenvalue weighted by Crippen LogP contribution is -1.93. The highest BCUT2D eigenvalue weighted by molar-refractivity contribution is 6.25. The predicted octanol–water partition coefficient (Wildman–Crippen LogP) is 10.3. The van der Waals surface area contributed by atoms with E-state index in [0.717, 1.165) is 82.4 Å². The molecule has 0 atom stereocenters. The first-order valence-corrected chi connectivity index (χ1v) is 15.0. The maximum Gasteiger partial charge on any atom is 0.160 e. The molecule has 10 rings (SSSR count). The fraction of sp³-hybridized carbons (Fsp3) is 0. The van der Waals surface area contributed by atoms with Crippen molar-refractivity contribution >= 4 is 76.3 Å². The first kappa shape index (κ1) is 24.3. The molecule has 0 amide bonds. The highest BCUT2D eigenvalue weighted by atomic mass is 16.3. The van der Waals surface area contributed by atoms with E-state index in [4.69, 9.17) is 19.4 Å². The van der Waals surface area contributed by atoms with Gasteiger partial charge in [0.15, 0.2) is 5.65 Å². The van der Waals surface area contributed by atoms with Crippen LogP contribution in [-0.2, 0) is 0 Å². The first-order chi connectivity index (χ1) is 22.3. The second-order valence-electron chi connectivity index (χ2n) is 11.4. The summed E-state index contributed by atoms with van der Waals surface area (Å²) in [5, 5.41) is 9.82. The zero-order chi connectivity index (χ0) is 29.5. The number of hydrogen-bond donors (Lipinski definition) is 0. The van der Waals surface area contributed by atoms with Gasteiger partial charge in [-0.1, -0.05) is 97.1 Å². The molecule has 4 heterocycles. The Hall–Kier alpha value is -6.20. The fourth-order valence-corrected chi connectivity index (χ4v) is 6.88. The molecule has 10 aromatic rings. The van der Waals surface area contributed by atoms with Crippen molar-refractivity contribution in [3.63, 3.8) is 0 Å². The van der Waals surface area contributed by atoms with Gasteiger partial charge in [0.1, 0.15) is 11.2 Å². The van der Waals surface area contributed by atoms with Crippen LogP contribution in [0.3, 0.4) is 0 Å². The summed E-state index contributed by atoms with van der Waals surface area (Å²) >= 11 is 0. The maximum atomic E-state index is 6.46. The number of hydrogen-bond acceptors (Lipinski definition) is 5. The summed E-state index contributed by atoms with van der Waals surface area (Å²) in [4.78, 5) is 19.8. The molecule has 6 aromatic carbocycles. The van der Waals surface area contributed by atoms with Gasteiger partial charge in [-0.25, -0.2) is 15.0 Å². The molecule has 0 fully saturated rings. The van der Waals surface area contributed by atoms with Crippen molar-refractivity contribution in [2.24, 2.45) is 0 Å². The molecule has 4 aromatic heterocycles. The van der Waals surface area contributed by atoms with Gasteiger partial charge in [-0.2, -0.15) is 0 Å². The van der Waals surface area contributed by atoms with Gasteiger partial charge >= 0.3 is 0 Å². The van der Waals surface area contributed by atoms with E-state index in [1.807, 2.05) is 30.5 Å². The number of aromatic nitrogens is 4. The van der Waals surface area contributed by atoms with Crippen molar-refractivity contribution in [2.75, 3.05) is 0 Å². The molecule has 0 aliphatic carbocycles. The average molecular weight is 575 g/mol. The third-order valence-electron chi connectivity index (χ3n) is 8.96. The lowest BCUT2D eigenvalue weighted by atomic mass is 9.98. The summed E-state index contributed by atoms with van der Waals surface area (Å²) in [5.41, 5.74) is 7.94. The third kappa shape index (κ3) is 3.49. The van der Waals surface area contributed by atoms with Crippen LogP contribution in [-0.4, -0.2) is 19.9 Å². The molecule has 0 saturated carbocycles. The van der Waals surface area contributed by atoms with Crippen molar-refractivity contribution in [1.82, 2.24) is 19.9 Å². The van der Waals surface area contributed by atoms with Crippen molar-refractivity contribution < 1.29 is 4.42 Å². The largest absolute Gasteiger partial charge is 0.455 e. The Morgan fingerprint density at radius 3 is 1.89 bits per heavy atom. The molecule has 0 aliphatic rings. The number of furan rings is 1. The minimum atomic E-state index is 0.691. The number of para-hydroxylation sites is 1. The van der Waals surface area contributed by atoms with E-state index < -0.39 is 0 Å². The quantitative estimate of drug-likeness (QED) is 0.192. The van der Waals surface area contributed by atoms with E-state index in [0.29, 0.717) is 5.65 Å². The van der Waals surface area contributed by atoms with Gasteiger partial charge in [0.2, 0.25) is 0 Å². The zero-order valence-electron chi connectivity index (χ0n) is 23.9. The molecule has 0 aliphatic heterocycles. The summed E-state index contributed by atoms with van der Waals surface area (Å²) in [6.07, 6.45) is 3.67. The van der Waals surface area contributed by atoms with Gasteiger partial charge in [-0.05, 0) is 35.0 Å². The van der Waals surface area contributed by atoms with Gasteiger partial charge in [-0.15, -0.1) is 0 Å².